The first-order valence-corrected chi connectivity index (χ1v) is 12.3. The lowest BCUT2D eigenvalue weighted by molar-refractivity contribution is 0.0793. The van der Waals surface area contributed by atoms with E-state index in [0.717, 1.165) is 18.9 Å². The molecule has 0 radical (unpaired) electrons. The highest BCUT2D eigenvalue weighted by Gasteiger charge is 2.23. The van der Waals surface area contributed by atoms with Gasteiger partial charge in [0.05, 0.1) is 18.6 Å². The lowest BCUT2D eigenvalue weighted by Crippen LogP contribution is -2.36. The maximum absolute atomic E-state index is 13.7. The van der Waals surface area contributed by atoms with E-state index in [1.807, 2.05) is 4.90 Å². The predicted octanol–water partition coefficient (Wildman–Crippen LogP) is 3.82. The Morgan fingerprint density at radius 3 is 2.36 bits per heavy atom. The molecule has 0 N–H and O–H groups in total. The van der Waals surface area contributed by atoms with Gasteiger partial charge in [0.25, 0.3) is 5.91 Å². The number of carbonyl (C=O) groups is 1. The first-order chi connectivity index (χ1) is 17.4. The van der Waals surface area contributed by atoms with E-state index in [1.165, 1.54) is 18.2 Å². The van der Waals surface area contributed by atoms with Crippen LogP contribution in [0.1, 0.15) is 28.8 Å². The Hall–Kier alpha value is -3.46. The van der Waals surface area contributed by atoms with E-state index in [1.54, 1.807) is 29.0 Å². The highest BCUT2D eigenvalue weighted by Crippen LogP contribution is 2.27. The van der Waals surface area contributed by atoms with Gasteiger partial charge in [-0.1, -0.05) is 0 Å². The first kappa shape index (κ1) is 24.2. The van der Waals surface area contributed by atoms with Crippen molar-refractivity contribution in [1.29, 1.82) is 0 Å². The fraction of sp³-hybridized carbons (Fsp3) is 0.407. The Labute approximate surface area is 207 Å². The number of hydrogen-bond acceptors (Lipinski definition) is 6. The Kier molecular flexibility index (Phi) is 6.91. The van der Waals surface area contributed by atoms with Gasteiger partial charge in [-0.25, -0.2) is 8.78 Å². The van der Waals surface area contributed by atoms with Gasteiger partial charge in [0.2, 0.25) is 0 Å². The van der Waals surface area contributed by atoms with Crippen LogP contribution in [0.5, 0.6) is 0 Å². The molecule has 0 bridgehead atoms. The number of amides is 1. The van der Waals surface area contributed by atoms with Crippen molar-refractivity contribution < 1.29 is 22.7 Å². The van der Waals surface area contributed by atoms with Crippen LogP contribution < -0.4 is 15.2 Å². The molecule has 0 unspecified atom stereocenters. The molecule has 190 valence electrons. The maximum Gasteiger partial charge on any atom is 0.253 e. The number of fused-ring (bicyclic) bond motifs is 1. The topological polar surface area (TPSA) is 66.2 Å². The van der Waals surface area contributed by atoms with Crippen molar-refractivity contribution >= 4 is 28.4 Å². The molecule has 2 aliphatic heterocycles. The van der Waals surface area contributed by atoms with Crippen molar-refractivity contribution in [2.45, 2.75) is 19.3 Å². The smallest absolute Gasteiger partial charge is 0.253 e. The molecule has 2 saturated heterocycles. The number of halogens is 2. The molecule has 0 atom stereocenters. The lowest BCUT2D eigenvalue weighted by atomic mass is 10.0. The van der Waals surface area contributed by atoms with Crippen LogP contribution in [-0.2, 0) is 11.2 Å². The van der Waals surface area contributed by atoms with Gasteiger partial charge < -0.3 is 23.9 Å². The van der Waals surface area contributed by atoms with Crippen LogP contribution in [-0.4, -0.2) is 63.8 Å². The maximum atomic E-state index is 13.7. The van der Waals surface area contributed by atoms with Gasteiger partial charge >= 0.3 is 0 Å². The SMILES string of the molecule is CN(CCc1cc(C(=O)N2CCCC2)cc2c(=O)cc(N3CCOCC3)oc12)c1cc(F)cc(F)c1. The molecule has 2 fully saturated rings. The summed E-state index contributed by atoms with van der Waals surface area (Å²) in [6.07, 6.45) is 2.33. The number of nitrogens with zero attached hydrogens (tertiary/aromatic N) is 3. The summed E-state index contributed by atoms with van der Waals surface area (Å²) in [5.74, 6) is -0.938. The van der Waals surface area contributed by atoms with E-state index in [2.05, 4.69) is 0 Å². The zero-order chi connectivity index (χ0) is 25.2. The molecule has 36 heavy (non-hydrogen) atoms. The van der Waals surface area contributed by atoms with Crippen molar-refractivity contribution in [1.82, 2.24) is 4.90 Å². The average molecular weight is 498 g/mol. The van der Waals surface area contributed by atoms with Crippen molar-refractivity contribution in [3.05, 3.63) is 69.4 Å². The van der Waals surface area contributed by atoms with Crippen LogP contribution in [0.15, 0.2) is 45.6 Å². The van der Waals surface area contributed by atoms with E-state index in [0.29, 0.717) is 86.0 Å². The highest BCUT2D eigenvalue weighted by molar-refractivity contribution is 5.98. The molecule has 3 aromatic rings. The number of carbonyl (C=O) groups excluding carboxylic acids is 1. The van der Waals surface area contributed by atoms with Gasteiger partial charge in [0, 0.05) is 63.2 Å². The highest BCUT2D eigenvalue weighted by atomic mass is 19.1. The number of likely N-dealkylation sites (tertiary alicyclic amines) is 1. The summed E-state index contributed by atoms with van der Waals surface area (Å²) in [6.45, 7) is 4.12. The van der Waals surface area contributed by atoms with Crippen LogP contribution in [0, 0.1) is 11.6 Å². The van der Waals surface area contributed by atoms with Crippen LogP contribution in [0.4, 0.5) is 20.4 Å². The third kappa shape index (κ3) is 5.06. The van der Waals surface area contributed by atoms with E-state index < -0.39 is 11.6 Å². The first-order valence-electron chi connectivity index (χ1n) is 12.3. The quantitative estimate of drug-likeness (QED) is 0.516. The van der Waals surface area contributed by atoms with Crippen LogP contribution in [0.2, 0.25) is 0 Å². The minimum Gasteiger partial charge on any atom is -0.440 e. The van der Waals surface area contributed by atoms with Gasteiger partial charge in [0.1, 0.15) is 17.2 Å². The van der Waals surface area contributed by atoms with Crippen LogP contribution in [0.3, 0.4) is 0 Å². The fourth-order valence-corrected chi connectivity index (χ4v) is 4.84. The second-order valence-electron chi connectivity index (χ2n) is 9.36. The Balaban J connectivity index is 1.52. The molecule has 3 heterocycles. The molecule has 1 aromatic heterocycles. The second kappa shape index (κ2) is 10.3. The predicted molar refractivity (Wildman–Crippen MR) is 134 cm³/mol. The van der Waals surface area contributed by atoms with Crippen LogP contribution >= 0.6 is 0 Å². The number of likely N-dealkylation sites (N-methyl/N-ethyl adjacent to an activating group) is 1. The molecule has 5 rings (SSSR count). The summed E-state index contributed by atoms with van der Waals surface area (Å²) in [7, 11) is 1.74. The monoisotopic (exact) mass is 497 g/mol. The summed E-state index contributed by atoms with van der Waals surface area (Å²) in [4.78, 5) is 31.9. The van der Waals surface area contributed by atoms with Crippen LogP contribution in [0.25, 0.3) is 11.0 Å². The largest absolute Gasteiger partial charge is 0.440 e. The Bertz CT molecular complexity index is 1310. The van der Waals surface area contributed by atoms with Gasteiger partial charge in [0.15, 0.2) is 11.3 Å². The normalized spacial score (nSPS) is 16.1. The van der Waals surface area contributed by atoms with Gasteiger partial charge in [-0.05, 0) is 49.1 Å². The number of morpholine rings is 1. The molecular formula is C27H29F2N3O4. The number of ether oxygens (including phenoxy) is 1. The Morgan fingerprint density at radius 2 is 1.67 bits per heavy atom. The van der Waals surface area contributed by atoms with Gasteiger partial charge in [-0.15, -0.1) is 0 Å². The summed E-state index contributed by atoms with van der Waals surface area (Å²) in [5.41, 5.74) is 1.77. The molecule has 2 aromatic carbocycles. The van der Waals surface area contributed by atoms with Gasteiger partial charge in [-0.3, -0.25) is 9.59 Å². The summed E-state index contributed by atoms with van der Waals surface area (Å²) in [6, 6.07) is 8.26. The molecule has 0 spiro atoms. The summed E-state index contributed by atoms with van der Waals surface area (Å²) in [5, 5.41) is 0.353. The molecule has 2 aliphatic rings. The zero-order valence-electron chi connectivity index (χ0n) is 20.3. The molecule has 7 nitrogen and oxygen atoms in total. The number of hydrogen-bond donors (Lipinski definition) is 0. The lowest BCUT2D eigenvalue weighted by Gasteiger charge is -2.27. The fourth-order valence-electron chi connectivity index (χ4n) is 4.84. The number of benzene rings is 2. The molecular weight excluding hydrogens is 468 g/mol. The van der Waals surface area contributed by atoms with Crippen molar-refractivity contribution in [2.24, 2.45) is 0 Å². The Morgan fingerprint density at radius 1 is 0.972 bits per heavy atom. The molecule has 9 heteroatoms. The van der Waals surface area contributed by atoms with Crippen molar-refractivity contribution in [2.75, 3.05) is 62.8 Å². The van der Waals surface area contributed by atoms with Gasteiger partial charge in [-0.2, -0.15) is 0 Å². The number of rotatable bonds is 6. The minimum absolute atomic E-state index is 0.104. The molecule has 0 aliphatic carbocycles. The summed E-state index contributed by atoms with van der Waals surface area (Å²) < 4.78 is 39.2. The molecule has 0 saturated carbocycles. The van der Waals surface area contributed by atoms with Crippen molar-refractivity contribution in [3.63, 3.8) is 0 Å². The van der Waals surface area contributed by atoms with E-state index in [-0.39, 0.29) is 11.3 Å². The third-order valence-electron chi connectivity index (χ3n) is 6.86. The van der Waals surface area contributed by atoms with Crippen molar-refractivity contribution in [3.8, 4) is 0 Å². The molecule has 1 amide bonds. The minimum atomic E-state index is -0.651. The van der Waals surface area contributed by atoms with E-state index in [4.69, 9.17) is 9.15 Å². The number of anilines is 2. The summed E-state index contributed by atoms with van der Waals surface area (Å²) >= 11 is 0. The average Bonchev–Trinajstić information content (AvgIpc) is 3.41. The standard InChI is InChI=1S/C27H29F2N3O4/c1-30(22-15-20(28)14-21(29)16-22)7-4-18-12-19(27(34)32-5-2-3-6-32)13-23-24(33)17-25(36-26(18)23)31-8-10-35-11-9-31/h12-17H,2-11H2,1H3. The third-order valence-corrected chi connectivity index (χ3v) is 6.86. The van der Waals surface area contributed by atoms with E-state index in [9.17, 15) is 18.4 Å². The zero-order valence-corrected chi connectivity index (χ0v) is 20.3. The second-order valence-corrected chi connectivity index (χ2v) is 9.36. The van der Waals surface area contributed by atoms with E-state index >= 15 is 0 Å².